The third kappa shape index (κ3) is 2.90. The summed E-state index contributed by atoms with van der Waals surface area (Å²) in [4.78, 5) is 10.7. The summed E-state index contributed by atoms with van der Waals surface area (Å²) in [5.74, 6) is 0.908. The molecule has 0 saturated carbocycles. The van der Waals surface area contributed by atoms with Crippen molar-refractivity contribution in [3.63, 3.8) is 0 Å². The lowest BCUT2D eigenvalue weighted by Crippen LogP contribution is -2.12. The minimum absolute atomic E-state index is 0.0179. The Labute approximate surface area is 120 Å². The zero-order chi connectivity index (χ0) is 14.8. The Kier molecular flexibility index (Phi) is 3.93. The summed E-state index contributed by atoms with van der Waals surface area (Å²) in [7, 11) is 1.70. The second-order valence-electron chi connectivity index (χ2n) is 5.90. The first-order chi connectivity index (χ1) is 9.45. The smallest absolute Gasteiger partial charge is 0.150 e. The van der Waals surface area contributed by atoms with Crippen LogP contribution in [0.4, 0.5) is 0 Å². The molecule has 0 bridgehead atoms. The average Bonchev–Trinajstić information content (AvgIpc) is 2.46. The van der Waals surface area contributed by atoms with E-state index in [1.807, 2.05) is 36.4 Å². The summed E-state index contributed by atoms with van der Waals surface area (Å²) in [6.45, 7) is 6.51. The third-order valence-corrected chi connectivity index (χ3v) is 3.39. The molecule has 2 aromatic rings. The molecular formula is C18H20O2. The predicted molar refractivity (Wildman–Crippen MR) is 82.5 cm³/mol. The van der Waals surface area contributed by atoms with Gasteiger partial charge in [0.05, 0.1) is 7.11 Å². The van der Waals surface area contributed by atoms with E-state index in [1.54, 1.807) is 7.11 Å². The van der Waals surface area contributed by atoms with Crippen molar-refractivity contribution in [1.82, 2.24) is 0 Å². The van der Waals surface area contributed by atoms with Gasteiger partial charge < -0.3 is 4.74 Å². The SMILES string of the molecule is COc1ccc(-c2ccc(C=O)cc2)cc1C(C)(C)C. The molecule has 2 nitrogen and oxygen atoms in total. The summed E-state index contributed by atoms with van der Waals surface area (Å²) in [5.41, 5.74) is 4.12. The molecule has 0 unspecified atom stereocenters. The molecule has 0 atom stereocenters. The van der Waals surface area contributed by atoms with Gasteiger partial charge in [-0.1, -0.05) is 51.1 Å². The van der Waals surface area contributed by atoms with Crippen molar-refractivity contribution < 1.29 is 9.53 Å². The van der Waals surface area contributed by atoms with E-state index in [-0.39, 0.29) is 5.41 Å². The van der Waals surface area contributed by atoms with E-state index in [4.69, 9.17) is 4.74 Å². The first-order valence-electron chi connectivity index (χ1n) is 6.70. The molecule has 0 saturated heterocycles. The van der Waals surface area contributed by atoms with Crippen molar-refractivity contribution in [1.29, 1.82) is 0 Å². The van der Waals surface area contributed by atoms with Crippen LogP contribution >= 0.6 is 0 Å². The van der Waals surface area contributed by atoms with Gasteiger partial charge in [0.25, 0.3) is 0 Å². The fourth-order valence-corrected chi connectivity index (χ4v) is 2.23. The van der Waals surface area contributed by atoms with Crippen LogP contribution in [0.1, 0.15) is 36.7 Å². The van der Waals surface area contributed by atoms with Gasteiger partial charge in [0, 0.05) is 11.1 Å². The van der Waals surface area contributed by atoms with E-state index in [0.29, 0.717) is 5.56 Å². The first kappa shape index (κ1) is 14.3. The van der Waals surface area contributed by atoms with Crippen LogP contribution in [0.3, 0.4) is 0 Å². The largest absolute Gasteiger partial charge is 0.496 e. The van der Waals surface area contributed by atoms with Crippen LogP contribution in [0.25, 0.3) is 11.1 Å². The lowest BCUT2D eigenvalue weighted by molar-refractivity contribution is 0.112. The number of carbonyl (C=O) groups excluding carboxylic acids is 1. The van der Waals surface area contributed by atoms with E-state index >= 15 is 0 Å². The lowest BCUT2D eigenvalue weighted by Gasteiger charge is -2.23. The number of hydrogen-bond acceptors (Lipinski definition) is 2. The van der Waals surface area contributed by atoms with Crippen LogP contribution in [-0.4, -0.2) is 13.4 Å². The zero-order valence-corrected chi connectivity index (χ0v) is 12.4. The molecule has 0 aliphatic heterocycles. The van der Waals surface area contributed by atoms with Crippen molar-refractivity contribution in [2.45, 2.75) is 26.2 Å². The summed E-state index contributed by atoms with van der Waals surface area (Å²) in [5, 5.41) is 0. The molecular weight excluding hydrogens is 248 g/mol. The summed E-state index contributed by atoms with van der Waals surface area (Å²) in [6.07, 6.45) is 0.860. The van der Waals surface area contributed by atoms with Crippen LogP contribution < -0.4 is 4.74 Å². The fourth-order valence-electron chi connectivity index (χ4n) is 2.23. The van der Waals surface area contributed by atoms with Crippen molar-refractivity contribution in [2.24, 2.45) is 0 Å². The topological polar surface area (TPSA) is 26.3 Å². The zero-order valence-electron chi connectivity index (χ0n) is 12.4. The highest BCUT2D eigenvalue weighted by Gasteiger charge is 2.19. The van der Waals surface area contributed by atoms with E-state index in [2.05, 4.69) is 26.8 Å². The molecule has 0 aromatic heterocycles. The number of methoxy groups -OCH3 is 1. The highest BCUT2D eigenvalue weighted by molar-refractivity contribution is 5.77. The Morgan fingerprint density at radius 3 is 2.05 bits per heavy atom. The van der Waals surface area contributed by atoms with Crippen LogP contribution in [0.5, 0.6) is 5.75 Å². The minimum Gasteiger partial charge on any atom is -0.496 e. The average molecular weight is 268 g/mol. The highest BCUT2D eigenvalue weighted by atomic mass is 16.5. The van der Waals surface area contributed by atoms with Gasteiger partial charge in [-0.3, -0.25) is 4.79 Å². The Morgan fingerprint density at radius 2 is 1.55 bits per heavy atom. The Hall–Kier alpha value is -2.09. The molecule has 0 aliphatic carbocycles. The fraction of sp³-hybridized carbons (Fsp3) is 0.278. The van der Waals surface area contributed by atoms with Gasteiger partial charge in [-0.05, 0) is 28.7 Å². The van der Waals surface area contributed by atoms with Crippen molar-refractivity contribution in [3.05, 3.63) is 53.6 Å². The maximum Gasteiger partial charge on any atom is 0.150 e. The number of carbonyl (C=O) groups is 1. The molecule has 0 spiro atoms. The molecule has 0 amide bonds. The van der Waals surface area contributed by atoms with Gasteiger partial charge in [0.1, 0.15) is 12.0 Å². The number of hydrogen-bond donors (Lipinski definition) is 0. The molecule has 2 rings (SSSR count). The molecule has 20 heavy (non-hydrogen) atoms. The number of aldehydes is 1. The van der Waals surface area contributed by atoms with E-state index in [9.17, 15) is 4.79 Å². The standard InChI is InChI=1S/C18H20O2/c1-18(2,3)16-11-15(9-10-17(16)20-4)14-7-5-13(12-19)6-8-14/h5-12H,1-4H3. The van der Waals surface area contributed by atoms with Crippen molar-refractivity contribution in [2.75, 3.05) is 7.11 Å². The Morgan fingerprint density at radius 1 is 0.950 bits per heavy atom. The van der Waals surface area contributed by atoms with Gasteiger partial charge >= 0.3 is 0 Å². The molecule has 0 aliphatic rings. The maximum absolute atomic E-state index is 10.7. The third-order valence-electron chi connectivity index (χ3n) is 3.39. The van der Waals surface area contributed by atoms with Gasteiger partial charge in [0.15, 0.2) is 0 Å². The summed E-state index contributed by atoms with van der Waals surface area (Å²) < 4.78 is 5.45. The van der Waals surface area contributed by atoms with Crippen molar-refractivity contribution in [3.8, 4) is 16.9 Å². The van der Waals surface area contributed by atoms with Gasteiger partial charge in [-0.25, -0.2) is 0 Å². The minimum atomic E-state index is 0.0179. The van der Waals surface area contributed by atoms with Gasteiger partial charge in [0.2, 0.25) is 0 Å². The van der Waals surface area contributed by atoms with Crippen LogP contribution in [0.2, 0.25) is 0 Å². The molecule has 2 heteroatoms. The number of ether oxygens (including phenoxy) is 1. The lowest BCUT2D eigenvalue weighted by atomic mass is 9.84. The Balaban J connectivity index is 2.49. The van der Waals surface area contributed by atoms with E-state index in [0.717, 1.165) is 23.2 Å². The molecule has 0 heterocycles. The second-order valence-corrected chi connectivity index (χ2v) is 5.90. The summed E-state index contributed by atoms with van der Waals surface area (Å²) >= 11 is 0. The molecule has 104 valence electrons. The number of rotatable bonds is 3. The van der Waals surface area contributed by atoms with E-state index in [1.165, 1.54) is 5.56 Å². The van der Waals surface area contributed by atoms with Crippen LogP contribution in [-0.2, 0) is 5.41 Å². The summed E-state index contributed by atoms with van der Waals surface area (Å²) in [6, 6.07) is 13.8. The van der Waals surface area contributed by atoms with Crippen molar-refractivity contribution >= 4 is 6.29 Å². The Bertz CT molecular complexity index is 604. The van der Waals surface area contributed by atoms with Gasteiger partial charge in [-0.2, -0.15) is 0 Å². The first-order valence-corrected chi connectivity index (χ1v) is 6.70. The predicted octanol–water partition coefficient (Wildman–Crippen LogP) is 4.47. The van der Waals surface area contributed by atoms with Crippen LogP contribution in [0.15, 0.2) is 42.5 Å². The normalized spacial score (nSPS) is 11.2. The second kappa shape index (κ2) is 5.49. The molecule has 2 aromatic carbocycles. The quantitative estimate of drug-likeness (QED) is 0.768. The number of benzene rings is 2. The van der Waals surface area contributed by atoms with E-state index < -0.39 is 0 Å². The monoisotopic (exact) mass is 268 g/mol. The maximum atomic E-state index is 10.7. The van der Waals surface area contributed by atoms with Gasteiger partial charge in [-0.15, -0.1) is 0 Å². The van der Waals surface area contributed by atoms with Crippen LogP contribution in [0, 0.1) is 0 Å². The molecule has 0 fully saturated rings. The highest BCUT2D eigenvalue weighted by Crippen LogP contribution is 2.34. The molecule has 0 radical (unpaired) electrons. The molecule has 0 N–H and O–H groups in total.